The molecule has 3 aromatic carbocycles. The van der Waals surface area contributed by atoms with Crippen molar-refractivity contribution in [2.45, 2.75) is 20.8 Å². The Kier molecular flexibility index (Phi) is 13.8. The average Bonchev–Trinajstić information content (AvgIpc) is 2.93. The van der Waals surface area contributed by atoms with Crippen LogP contribution in [-0.4, -0.2) is 36.5 Å². The van der Waals surface area contributed by atoms with E-state index >= 15 is 0 Å². The molecule has 0 heterocycles. The van der Waals surface area contributed by atoms with Gasteiger partial charge in [-0.2, -0.15) is 30.0 Å². The molecule has 0 spiro atoms. The predicted octanol–water partition coefficient (Wildman–Crippen LogP) is 5.79. The third-order valence-corrected chi connectivity index (χ3v) is 4.83. The number of aliphatic imine (C=N–C) groups is 6. The van der Waals surface area contributed by atoms with Gasteiger partial charge < -0.3 is 0 Å². The summed E-state index contributed by atoms with van der Waals surface area (Å²) in [6.45, 7) is 5.14. The molecular formula is C27H18N6O6. The van der Waals surface area contributed by atoms with E-state index in [0.717, 1.165) is 0 Å². The second-order valence-corrected chi connectivity index (χ2v) is 6.98. The Balaban J connectivity index is 0.000000292. The Morgan fingerprint density at radius 2 is 0.513 bits per heavy atom. The van der Waals surface area contributed by atoms with E-state index in [1.807, 2.05) is 0 Å². The molecule has 3 rings (SSSR count). The topological polar surface area (TPSA) is 177 Å². The van der Waals surface area contributed by atoms with E-state index < -0.39 is 0 Å². The van der Waals surface area contributed by atoms with Crippen molar-refractivity contribution in [3.63, 3.8) is 0 Å². The summed E-state index contributed by atoms with van der Waals surface area (Å²) in [4.78, 5) is 80.7. The van der Waals surface area contributed by atoms with Crippen LogP contribution in [0.3, 0.4) is 0 Å². The van der Waals surface area contributed by atoms with Gasteiger partial charge in [0.25, 0.3) is 0 Å². The molecule has 3 aromatic rings. The number of hydrogen-bond donors (Lipinski definition) is 0. The second-order valence-electron chi connectivity index (χ2n) is 6.98. The number of isocyanates is 6. The number of benzene rings is 3. The lowest BCUT2D eigenvalue weighted by Gasteiger charge is -1.99. The Morgan fingerprint density at radius 3 is 0.641 bits per heavy atom. The summed E-state index contributed by atoms with van der Waals surface area (Å²) in [6.07, 6.45) is 8.57. The Bertz CT molecular complexity index is 1330. The van der Waals surface area contributed by atoms with Gasteiger partial charge in [-0.3, -0.25) is 0 Å². The van der Waals surface area contributed by atoms with Gasteiger partial charge in [0.15, 0.2) is 0 Å². The van der Waals surface area contributed by atoms with Crippen molar-refractivity contribution in [1.82, 2.24) is 0 Å². The third-order valence-electron chi connectivity index (χ3n) is 4.83. The standard InChI is InChI=1S/3C9H6N2O2/c3*1-7-8(10-5-12)3-2-4-9(7)11-6-13/h3*2-4H,1H3. The van der Waals surface area contributed by atoms with Crippen LogP contribution >= 0.6 is 0 Å². The fraction of sp³-hybridized carbons (Fsp3) is 0.111. The van der Waals surface area contributed by atoms with Crippen LogP contribution in [-0.2, 0) is 28.8 Å². The van der Waals surface area contributed by atoms with Crippen LogP contribution in [0.5, 0.6) is 0 Å². The van der Waals surface area contributed by atoms with Gasteiger partial charge in [0.05, 0.1) is 34.1 Å². The van der Waals surface area contributed by atoms with E-state index in [4.69, 9.17) is 0 Å². The highest BCUT2D eigenvalue weighted by atomic mass is 16.1. The van der Waals surface area contributed by atoms with Crippen molar-refractivity contribution in [2.75, 3.05) is 0 Å². The van der Waals surface area contributed by atoms with Gasteiger partial charge in [0, 0.05) is 16.7 Å². The number of hydrogen-bond acceptors (Lipinski definition) is 12. The van der Waals surface area contributed by atoms with Gasteiger partial charge in [0.1, 0.15) is 0 Å². The summed E-state index contributed by atoms with van der Waals surface area (Å²) in [7, 11) is 0. The molecule has 0 aliphatic heterocycles. The molecule has 0 N–H and O–H groups in total. The molecule has 0 atom stereocenters. The summed E-state index contributed by atoms with van der Waals surface area (Å²) in [5.74, 6) is 0. The molecule has 0 aromatic heterocycles. The predicted molar refractivity (Wildman–Crippen MR) is 140 cm³/mol. The minimum atomic E-state index is 0.464. The van der Waals surface area contributed by atoms with E-state index in [9.17, 15) is 28.8 Å². The highest BCUT2D eigenvalue weighted by Gasteiger charge is 2.02. The molecule has 0 amide bonds. The van der Waals surface area contributed by atoms with Crippen LogP contribution in [0, 0.1) is 20.8 Å². The number of carbonyl (C=O) groups excluding carboxylic acids is 6. The molecule has 0 aliphatic rings. The van der Waals surface area contributed by atoms with E-state index in [-0.39, 0.29) is 0 Å². The zero-order valence-electron chi connectivity index (χ0n) is 20.8. The van der Waals surface area contributed by atoms with Crippen molar-refractivity contribution in [2.24, 2.45) is 30.0 Å². The highest BCUT2D eigenvalue weighted by Crippen LogP contribution is 2.28. The number of rotatable bonds is 6. The fourth-order valence-corrected chi connectivity index (χ4v) is 2.86. The quantitative estimate of drug-likeness (QED) is 0.292. The normalized spacial score (nSPS) is 8.38. The highest BCUT2D eigenvalue weighted by molar-refractivity contribution is 5.66. The molecule has 0 radical (unpaired) electrons. The first-order valence-corrected chi connectivity index (χ1v) is 10.6. The van der Waals surface area contributed by atoms with Crippen LogP contribution < -0.4 is 0 Å². The lowest BCUT2D eigenvalue weighted by molar-refractivity contribution is 0.564. The summed E-state index contributed by atoms with van der Waals surface area (Å²) < 4.78 is 0. The minimum absolute atomic E-state index is 0.464. The maximum Gasteiger partial charge on any atom is 0.240 e. The first kappa shape index (κ1) is 31.0. The largest absolute Gasteiger partial charge is 0.240 e. The molecule has 0 saturated heterocycles. The summed E-state index contributed by atoms with van der Waals surface area (Å²) in [5, 5.41) is 0. The molecule has 0 saturated carbocycles. The Hall–Kier alpha value is -6.06. The minimum Gasteiger partial charge on any atom is -0.211 e. The molecule has 0 aliphatic carbocycles. The van der Waals surface area contributed by atoms with Crippen LogP contribution in [0.4, 0.5) is 34.1 Å². The Labute approximate surface area is 221 Å². The zero-order chi connectivity index (χ0) is 29.0. The maximum absolute atomic E-state index is 10.00. The third kappa shape index (κ3) is 9.84. The van der Waals surface area contributed by atoms with Crippen molar-refractivity contribution in [1.29, 1.82) is 0 Å². The summed E-state index contributed by atoms with van der Waals surface area (Å²) >= 11 is 0. The van der Waals surface area contributed by atoms with Gasteiger partial charge in [-0.1, -0.05) is 18.2 Å². The van der Waals surface area contributed by atoms with E-state index in [2.05, 4.69) is 30.0 Å². The summed E-state index contributed by atoms with van der Waals surface area (Å²) in [5.41, 5.74) is 4.77. The van der Waals surface area contributed by atoms with Crippen LogP contribution in [0.1, 0.15) is 16.7 Å². The van der Waals surface area contributed by atoms with Gasteiger partial charge >= 0.3 is 0 Å². The van der Waals surface area contributed by atoms with Gasteiger partial charge in [-0.15, -0.1) is 0 Å². The van der Waals surface area contributed by atoms with Crippen molar-refractivity contribution in [3.8, 4) is 0 Å². The maximum atomic E-state index is 10.00. The SMILES string of the molecule is Cc1c(N=C=O)cccc1N=C=O.Cc1c(N=C=O)cccc1N=C=O.Cc1c(N=C=O)cccc1N=C=O. The zero-order valence-corrected chi connectivity index (χ0v) is 20.8. The van der Waals surface area contributed by atoms with Crippen molar-refractivity contribution < 1.29 is 28.8 Å². The van der Waals surface area contributed by atoms with Gasteiger partial charge in [0.2, 0.25) is 36.5 Å². The molecular weight excluding hydrogens is 504 g/mol. The molecule has 0 bridgehead atoms. The van der Waals surface area contributed by atoms with Gasteiger partial charge in [-0.05, 0) is 57.2 Å². The molecule has 0 fully saturated rings. The van der Waals surface area contributed by atoms with E-state index in [0.29, 0.717) is 50.8 Å². The van der Waals surface area contributed by atoms with E-state index in [1.54, 1.807) is 75.4 Å². The lowest BCUT2D eigenvalue weighted by Crippen LogP contribution is -1.75. The van der Waals surface area contributed by atoms with Crippen LogP contribution in [0.15, 0.2) is 84.6 Å². The van der Waals surface area contributed by atoms with Crippen LogP contribution in [0.25, 0.3) is 0 Å². The van der Waals surface area contributed by atoms with Gasteiger partial charge in [-0.25, -0.2) is 28.8 Å². The molecule has 12 heteroatoms. The molecule has 0 unspecified atom stereocenters. The summed E-state index contributed by atoms with van der Waals surface area (Å²) in [6, 6.07) is 14.8. The molecule has 12 nitrogen and oxygen atoms in total. The molecule has 39 heavy (non-hydrogen) atoms. The fourth-order valence-electron chi connectivity index (χ4n) is 2.86. The monoisotopic (exact) mass is 522 g/mol. The van der Waals surface area contributed by atoms with E-state index in [1.165, 1.54) is 36.5 Å². The second kappa shape index (κ2) is 17.4. The molecule has 192 valence electrons. The average molecular weight is 522 g/mol. The van der Waals surface area contributed by atoms with Crippen molar-refractivity contribution in [3.05, 3.63) is 71.3 Å². The van der Waals surface area contributed by atoms with Crippen molar-refractivity contribution >= 4 is 70.6 Å². The first-order valence-electron chi connectivity index (χ1n) is 10.6. The first-order chi connectivity index (χ1) is 18.9. The Morgan fingerprint density at radius 1 is 0.359 bits per heavy atom. The van der Waals surface area contributed by atoms with Crippen LogP contribution in [0.2, 0.25) is 0 Å². The smallest absolute Gasteiger partial charge is 0.211 e. The lowest BCUT2D eigenvalue weighted by atomic mass is 10.1. The number of nitrogens with zero attached hydrogens (tertiary/aromatic N) is 6.